The Morgan fingerprint density at radius 2 is 1.53 bits per heavy atom. The van der Waals surface area contributed by atoms with Crippen LogP contribution in [-0.4, -0.2) is 53.8 Å². The number of esters is 1. The van der Waals surface area contributed by atoms with Crippen LogP contribution in [0.1, 0.15) is 25.4 Å². The van der Waals surface area contributed by atoms with E-state index in [1.165, 1.54) is 21.3 Å². The maximum Gasteiger partial charge on any atom is 0.323 e. The lowest BCUT2D eigenvalue weighted by Crippen LogP contribution is -2.16. The van der Waals surface area contributed by atoms with Crippen LogP contribution in [0, 0.1) is 0 Å². The van der Waals surface area contributed by atoms with E-state index in [-0.39, 0.29) is 30.7 Å². The second kappa shape index (κ2) is 11.7. The molecule has 0 fully saturated rings. The SMILES string of the molecule is COCOc1cc(OCOC)c(C(=O)c2ccc(OC)cc2)c(C(I)C(=O)OC)c1. The van der Waals surface area contributed by atoms with E-state index in [0.29, 0.717) is 22.6 Å². The zero-order chi connectivity index (χ0) is 22.1. The van der Waals surface area contributed by atoms with E-state index < -0.39 is 9.89 Å². The fourth-order valence-corrected chi connectivity index (χ4v) is 3.36. The van der Waals surface area contributed by atoms with Gasteiger partial charge in [0, 0.05) is 25.8 Å². The smallest absolute Gasteiger partial charge is 0.323 e. The topological polar surface area (TPSA) is 89.5 Å². The summed E-state index contributed by atoms with van der Waals surface area (Å²) in [6.45, 7) is -0.112. The average molecular weight is 530 g/mol. The molecule has 0 radical (unpaired) electrons. The van der Waals surface area contributed by atoms with Crippen LogP contribution in [0.3, 0.4) is 0 Å². The number of alkyl halides is 1. The van der Waals surface area contributed by atoms with E-state index in [1.807, 2.05) is 22.6 Å². The zero-order valence-electron chi connectivity index (χ0n) is 17.1. The van der Waals surface area contributed by atoms with Gasteiger partial charge in [-0.2, -0.15) is 0 Å². The molecule has 0 bridgehead atoms. The molecule has 1 atom stereocenters. The highest BCUT2D eigenvalue weighted by Gasteiger charge is 2.29. The van der Waals surface area contributed by atoms with Crippen LogP contribution < -0.4 is 14.2 Å². The lowest BCUT2D eigenvalue weighted by molar-refractivity contribution is -0.139. The highest BCUT2D eigenvalue weighted by Crippen LogP contribution is 2.38. The summed E-state index contributed by atoms with van der Waals surface area (Å²) >= 11 is 1.91. The number of benzene rings is 2. The molecular formula is C21H23IO8. The molecule has 0 saturated carbocycles. The molecule has 162 valence electrons. The molecule has 0 N–H and O–H groups in total. The van der Waals surface area contributed by atoms with Crippen LogP contribution in [0.15, 0.2) is 36.4 Å². The molecule has 2 rings (SSSR count). The number of hydrogen-bond donors (Lipinski definition) is 0. The molecule has 9 heteroatoms. The fraction of sp³-hybridized carbons (Fsp3) is 0.333. The molecule has 0 aliphatic rings. The van der Waals surface area contributed by atoms with Crippen LogP contribution in [0.25, 0.3) is 0 Å². The number of hydrogen-bond acceptors (Lipinski definition) is 8. The Morgan fingerprint density at radius 3 is 2.10 bits per heavy atom. The number of ether oxygens (including phenoxy) is 6. The highest BCUT2D eigenvalue weighted by molar-refractivity contribution is 14.1. The maximum atomic E-state index is 13.4. The van der Waals surface area contributed by atoms with Crippen molar-refractivity contribution in [2.45, 2.75) is 3.92 Å². The Bertz CT molecular complexity index is 866. The van der Waals surface area contributed by atoms with Crippen molar-refractivity contribution < 1.29 is 38.0 Å². The van der Waals surface area contributed by atoms with Gasteiger partial charge in [-0.3, -0.25) is 9.59 Å². The van der Waals surface area contributed by atoms with Gasteiger partial charge in [-0.1, -0.05) is 22.6 Å². The quantitative estimate of drug-likeness (QED) is 0.143. The Hall–Kier alpha value is -2.37. The van der Waals surface area contributed by atoms with Gasteiger partial charge in [0.05, 0.1) is 19.8 Å². The molecule has 1 unspecified atom stereocenters. The fourth-order valence-electron chi connectivity index (χ4n) is 2.62. The van der Waals surface area contributed by atoms with Gasteiger partial charge in [-0.15, -0.1) is 0 Å². The monoisotopic (exact) mass is 530 g/mol. The molecule has 2 aromatic carbocycles. The predicted octanol–water partition coefficient (Wildman–Crippen LogP) is 3.54. The van der Waals surface area contributed by atoms with Gasteiger partial charge in [-0.05, 0) is 35.9 Å². The molecule has 30 heavy (non-hydrogen) atoms. The third-order valence-corrected chi connectivity index (χ3v) is 5.22. The van der Waals surface area contributed by atoms with Crippen molar-refractivity contribution in [2.75, 3.05) is 42.0 Å². The molecule has 2 aromatic rings. The van der Waals surface area contributed by atoms with E-state index in [2.05, 4.69) is 0 Å². The largest absolute Gasteiger partial charge is 0.497 e. The molecule has 0 spiro atoms. The first kappa shape index (κ1) is 23.9. The highest BCUT2D eigenvalue weighted by atomic mass is 127. The van der Waals surface area contributed by atoms with Crippen LogP contribution in [-0.2, 0) is 19.0 Å². The van der Waals surface area contributed by atoms with Crippen molar-refractivity contribution in [3.05, 3.63) is 53.1 Å². The van der Waals surface area contributed by atoms with Crippen molar-refractivity contribution in [1.29, 1.82) is 0 Å². The minimum atomic E-state index is -0.777. The first-order valence-corrected chi connectivity index (χ1v) is 10.0. The molecule has 8 nitrogen and oxygen atoms in total. The minimum Gasteiger partial charge on any atom is -0.497 e. The summed E-state index contributed by atoms with van der Waals surface area (Å²) in [5.74, 6) is 0.359. The second-order valence-corrected chi connectivity index (χ2v) is 7.18. The third kappa shape index (κ3) is 5.83. The van der Waals surface area contributed by atoms with E-state index >= 15 is 0 Å². The van der Waals surface area contributed by atoms with Crippen molar-refractivity contribution in [1.82, 2.24) is 0 Å². The average Bonchev–Trinajstić information content (AvgIpc) is 2.79. The summed E-state index contributed by atoms with van der Waals surface area (Å²) < 4.78 is 30.4. The molecule has 0 aliphatic carbocycles. The maximum absolute atomic E-state index is 13.4. The summed E-state index contributed by atoms with van der Waals surface area (Å²) in [7, 11) is 5.78. The Balaban J connectivity index is 2.64. The summed E-state index contributed by atoms with van der Waals surface area (Å²) in [6.07, 6.45) is 0. The van der Waals surface area contributed by atoms with E-state index in [1.54, 1.807) is 43.5 Å². The van der Waals surface area contributed by atoms with Gasteiger partial charge < -0.3 is 28.4 Å². The summed E-state index contributed by atoms with van der Waals surface area (Å²) in [6, 6.07) is 9.80. The van der Waals surface area contributed by atoms with Crippen LogP contribution in [0.5, 0.6) is 17.2 Å². The van der Waals surface area contributed by atoms with E-state index in [4.69, 9.17) is 28.4 Å². The van der Waals surface area contributed by atoms with E-state index in [0.717, 1.165) is 0 Å². The second-order valence-electron chi connectivity index (χ2n) is 5.93. The predicted molar refractivity (Wildman–Crippen MR) is 117 cm³/mol. The summed E-state index contributed by atoms with van der Waals surface area (Å²) in [5.41, 5.74) is 1.01. The molecular weight excluding hydrogens is 507 g/mol. The number of rotatable bonds is 11. The first-order chi connectivity index (χ1) is 14.5. The van der Waals surface area contributed by atoms with Gasteiger partial charge in [0.15, 0.2) is 19.4 Å². The van der Waals surface area contributed by atoms with Crippen molar-refractivity contribution in [3.8, 4) is 17.2 Å². The summed E-state index contributed by atoms with van der Waals surface area (Å²) in [5, 5.41) is 0. The Labute approximate surface area is 188 Å². The molecule has 0 saturated heterocycles. The van der Waals surface area contributed by atoms with Gasteiger partial charge in [-0.25, -0.2) is 0 Å². The van der Waals surface area contributed by atoms with E-state index in [9.17, 15) is 9.59 Å². The Kier molecular flexibility index (Phi) is 9.34. The minimum absolute atomic E-state index is 0.0148. The first-order valence-electron chi connectivity index (χ1n) is 8.78. The third-order valence-electron chi connectivity index (χ3n) is 4.04. The number of methoxy groups -OCH3 is 4. The Morgan fingerprint density at radius 1 is 0.900 bits per heavy atom. The summed E-state index contributed by atoms with van der Waals surface area (Å²) in [4.78, 5) is 25.7. The van der Waals surface area contributed by atoms with Crippen LogP contribution in [0.4, 0.5) is 0 Å². The van der Waals surface area contributed by atoms with Crippen LogP contribution in [0.2, 0.25) is 0 Å². The van der Waals surface area contributed by atoms with Gasteiger partial charge in [0.2, 0.25) is 0 Å². The van der Waals surface area contributed by atoms with Gasteiger partial charge >= 0.3 is 5.97 Å². The van der Waals surface area contributed by atoms with Gasteiger partial charge in [0.1, 0.15) is 21.2 Å². The number of halogens is 1. The molecule has 0 heterocycles. The molecule has 0 aromatic heterocycles. The molecule has 0 aliphatic heterocycles. The zero-order valence-corrected chi connectivity index (χ0v) is 19.3. The van der Waals surface area contributed by atoms with Crippen molar-refractivity contribution in [3.63, 3.8) is 0 Å². The van der Waals surface area contributed by atoms with Crippen molar-refractivity contribution in [2.24, 2.45) is 0 Å². The normalized spacial score (nSPS) is 11.5. The standard InChI is InChI=1S/C21H23IO8/c1-25-11-29-15-9-16(19(22)21(24)28-4)18(17(10-15)30-12-26-2)20(23)13-5-7-14(27-3)8-6-13/h5-10,19H,11-12H2,1-4H3. The lowest BCUT2D eigenvalue weighted by Gasteiger charge is -2.19. The number of ketones is 1. The lowest BCUT2D eigenvalue weighted by atomic mass is 9.95. The van der Waals surface area contributed by atoms with Crippen molar-refractivity contribution >= 4 is 34.3 Å². The van der Waals surface area contributed by atoms with Crippen LogP contribution >= 0.6 is 22.6 Å². The molecule has 0 amide bonds. The number of carbonyl (C=O) groups is 2. The number of carbonyl (C=O) groups excluding carboxylic acids is 2. The van der Waals surface area contributed by atoms with Gasteiger partial charge in [0.25, 0.3) is 0 Å².